The molecule has 3 atom stereocenters. The van der Waals surface area contributed by atoms with Crippen molar-refractivity contribution in [3.8, 4) is 11.5 Å². The van der Waals surface area contributed by atoms with E-state index >= 15 is 0 Å². The van der Waals surface area contributed by atoms with Crippen LogP contribution in [-0.4, -0.2) is 30.8 Å². The number of para-hydroxylation sites is 2. The summed E-state index contributed by atoms with van der Waals surface area (Å²) in [6.45, 7) is 1.33. The van der Waals surface area contributed by atoms with E-state index < -0.39 is 0 Å². The van der Waals surface area contributed by atoms with Crippen LogP contribution in [0.1, 0.15) is 24.8 Å². The number of methoxy groups -OCH3 is 1. The molecule has 4 rings (SSSR count). The quantitative estimate of drug-likeness (QED) is 0.680. The molecule has 0 unspecified atom stereocenters. The first-order chi connectivity index (χ1) is 13.2. The molecule has 0 aliphatic heterocycles. The number of aromatic nitrogens is 1. The number of nitrogens with two attached hydrogens (primary N) is 1. The number of fused-ring (bicyclic) bond motifs is 1. The third-order valence-electron chi connectivity index (χ3n) is 5.39. The molecule has 1 saturated carbocycles. The van der Waals surface area contributed by atoms with Crippen LogP contribution in [-0.2, 0) is 16.1 Å². The fourth-order valence-electron chi connectivity index (χ4n) is 3.85. The van der Waals surface area contributed by atoms with Gasteiger partial charge in [-0.2, -0.15) is 0 Å². The topological polar surface area (TPSA) is 70.5 Å². The smallest absolute Gasteiger partial charge is 0.227 e. The third kappa shape index (κ3) is 4.05. The van der Waals surface area contributed by atoms with Crippen LogP contribution in [0.25, 0.3) is 22.6 Å². The van der Waals surface area contributed by atoms with Gasteiger partial charge in [0.15, 0.2) is 5.58 Å². The number of hydrogen-bond donors (Lipinski definition) is 1. The van der Waals surface area contributed by atoms with Crippen molar-refractivity contribution in [2.75, 3.05) is 13.7 Å². The van der Waals surface area contributed by atoms with E-state index in [0.717, 1.165) is 48.1 Å². The van der Waals surface area contributed by atoms with Gasteiger partial charge in [-0.1, -0.05) is 24.3 Å². The Labute approximate surface area is 159 Å². The molecule has 1 aromatic heterocycles. The second-order valence-electron chi connectivity index (χ2n) is 7.24. The van der Waals surface area contributed by atoms with Gasteiger partial charge in [0.2, 0.25) is 5.89 Å². The van der Waals surface area contributed by atoms with Gasteiger partial charge >= 0.3 is 0 Å². The van der Waals surface area contributed by atoms with Crippen LogP contribution in [0.5, 0.6) is 0 Å². The average Bonchev–Trinajstić information content (AvgIpc) is 3.28. The van der Waals surface area contributed by atoms with Crippen molar-refractivity contribution in [1.82, 2.24) is 4.98 Å². The highest BCUT2D eigenvalue weighted by Crippen LogP contribution is 2.31. The number of oxazole rings is 1. The highest BCUT2D eigenvalue weighted by molar-refractivity contribution is 5.75. The average molecular weight is 366 g/mol. The molecule has 5 nitrogen and oxygen atoms in total. The maximum atomic E-state index is 6.26. The van der Waals surface area contributed by atoms with Crippen molar-refractivity contribution in [3.05, 3.63) is 54.1 Å². The summed E-state index contributed by atoms with van der Waals surface area (Å²) in [6, 6.07) is 16.1. The van der Waals surface area contributed by atoms with Crippen LogP contribution in [0.3, 0.4) is 0 Å². The lowest BCUT2D eigenvalue weighted by atomic mass is 10.0. The lowest BCUT2D eigenvalue weighted by Crippen LogP contribution is -2.35. The molecule has 1 aliphatic rings. The zero-order chi connectivity index (χ0) is 18.6. The summed E-state index contributed by atoms with van der Waals surface area (Å²) in [5.74, 6) is 1.13. The second kappa shape index (κ2) is 8.21. The number of rotatable bonds is 7. The van der Waals surface area contributed by atoms with Gasteiger partial charge in [0.25, 0.3) is 0 Å². The summed E-state index contributed by atoms with van der Waals surface area (Å²) in [7, 11) is 1.74. The molecule has 0 radical (unpaired) electrons. The molecular formula is C22H26N2O3. The van der Waals surface area contributed by atoms with Crippen molar-refractivity contribution in [1.29, 1.82) is 0 Å². The largest absolute Gasteiger partial charge is 0.436 e. The Morgan fingerprint density at radius 1 is 1.11 bits per heavy atom. The van der Waals surface area contributed by atoms with E-state index in [4.69, 9.17) is 19.6 Å². The number of nitrogens with zero attached hydrogens (tertiary/aromatic N) is 1. The third-order valence-corrected chi connectivity index (χ3v) is 5.39. The Kier molecular flexibility index (Phi) is 5.53. The zero-order valence-electron chi connectivity index (χ0n) is 15.6. The van der Waals surface area contributed by atoms with Gasteiger partial charge in [0, 0.05) is 25.3 Å². The molecule has 5 heteroatoms. The first-order valence-corrected chi connectivity index (χ1v) is 9.55. The van der Waals surface area contributed by atoms with E-state index in [1.165, 1.54) is 0 Å². The minimum atomic E-state index is 0.108. The second-order valence-corrected chi connectivity index (χ2v) is 7.24. The summed E-state index contributed by atoms with van der Waals surface area (Å²) in [5.41, 5.74) is 10.0. The Morgan fingerprint density at radius 2 is 1.93 bits per heavy atom. The molecule has 1 aliphatic carbocycles. The molecule has 0 bridgehead atoms. The molecule has 0 spiro atoms. The molecule has 1 fully saturated rings. The molecular weight excluding hydrogens is 340 g/mol. The highest BCUT2D eigenvalue weighted by Gasteiger charge is 2.34. The summed E-state index contributed by atoms with van der Waals surface area (Å²) in [5, 5.41) is 0. The lowest BCUT2D eigenvalue weighted by Gasteiger charge is -2.23. The summed E-state index contributed by atoms with van der Waals surface area (Å²) in [4.78, 5) is 4.54. The van der Waals surface area contributed by atoms with Gasteiger partial charge in [-0.15, -0.1) is 0 Å². The molecule has 142 valence electrons. The Hall–Kier alpha value is -2.21. The Balaban J connectivity index is 1.40. The van der Waals surface area contributed by atoms with Gasteiger partial charge in [-0.05, 0) is 55.0 Å². The van der Waals surface area contributed by atoms with Gasteiger partial charge in [-0.3, -0.25) is 0 Å². The summed E-state index contributed by atoms with van der Waals surface area (Å²) < 4.78 is 17.2. The maximum absolute atomic E-state index is 6.26. The Morgan fingerprint density at radius 3 is 2.70 bits per heavy atom. The fourth-order valence-corrected chi connectivity index (χ4v) is 3.85. The minimum Gasteiger partial charge on any atom is -0.436 e. The first-order valence-electron chi connectivity index (χ1n) is 9.55. The van der Waals surface area contributed by atoms with Crippen LogP contribution in [0.4, 0.5) is 0 Å². The van der Waals surface area contributed by atoms with Crippen LogP contribution < -0.4 is 5.73 Å². The van der Waals surface area contributed by atoms with Gasteiger partial charge in [-0.25, -0.2) is 4.98 Å². The van der Waals surface area contributed by atoms with Crippen LogP contribution >= 0.6 is 0 Å². The van der Waals surface area contributed by atoms with Gasteiger partial charge in [0.1, 0.15) is 5.52 Å². The molecule has 2 N–H and O–H groups in total. The van der Waals surface area contributed by atoms with Crippen molar-refractivity contribution in [3.63, 3.8) is 0 Å². The normalized spacial score (nSPS) is 22.5. The van der Waals surface area contributed by atoms with Gasteiger partial charge in [0.05, 0.1) is 12.7 Å². The predicted octanol–water partition coefficient (Wildman–Crippen LogP) is 4.15. The predicted molar refractivity (Wildman–Crippen MR) is 105 cm³/mol. The summed E-state index contributed by atoms with van der Waals surface area (Å²) >= 11 is 0. The van der Waals surface area contributed by atoms with Crippen LogP contribution in [0.15, 0.2) is 52.9 Å². The monoisotopic (exact) mass is 366 g/mol. The van der Waals surface area contributed by atoms with E-state index in [-0.39, 0.29) is 12.1 Å². The van der Waals surface area contributed by atoms with Crippen molar-refractivity contribution in [2.45, 2.75) is 38.0 Å². The van der Waals surface area contributed by atoms with E-state index in [1.54, 1.807) is 7.11 Å². The first kappa shape index (κ1) is 18.2. The van der Waals surface area contributed by atoms with E-state index in [2.05, 4.69) is 17.1 Å². The van der Waals surface area contributed by atoms with Crippen LogP contribution in [0.2, 0.25) is 0 Å². The van der Waals surface area contributed by atoms with Crippen molar-refractivity contribution >= 4 is 11.1 Å². The Bertz CT molecular complexity index is 842. The molecule has 3 aromatic rings. The standard InChI is InChI=1S/C22H26N2O3/c1-25-13-12-16-10-11-18(23)21(16)26-14-15-6-8-17(9-7-15)22-24-19-4-2-3-5-20(19)27-22/h2-9,16,18,21H,10-14,23H2,1H3/t16-,18-,21-/m1/s1. The number of ether oxygens (including phenoxy) is 2. The fraction of sp³-hybridized carbons (Fsp3) is 0.409. The molecule has 0 saturated heterocycles. The maximum Gasteiger partial charge on any atom is 0.227 e. The SMILES string of the molecule is COCC[C@H]1CC[C@@H](N)[C@@H]1OCc1ccc(-c2nc3ccccc3o2)cc1. The van der Waals surface area contributed by atoms with E-state index in [9.17, 15) is 0 Å². The van der Waals surface area contributed by atoms with Crippen LogP contribution in [0, 0.1) is 5.92 Å². The molecule has 1 heterocycles. The lowest BCUT2D eigenvalue weighted by molar-refractivity contribution is -0.000970. The molecule has 2 aromatic carbocycles. The van der Waals surface area contributed by atoms with E-state index in [0.29, 0.717) is 18.4 Å². The minimum absolute atomic E-state index is 0.108. The molecule has 27 heavy (non-hydrogen) atoms. The summed E-state index contributed by atoms with van der Waals surface area (Å²) in [6.07, 6.45) is 3.25. The highest BCUT2D eigenvalue weighted by atomic mass is 16.5. The number of benzene rings is 2. The van der Waals surface area contributed by atoms with Gasteiger partial charge < -0.3 is 19.6 Å². The number of hydrogen-bond acceptors (Lipinski definition) is 5. The van der Waals surface area contributed by atoms with Crippen molar-refractivity contribution in [2.24, 2.45) is 11.7 Å². The van der Waals surface area contributed by atoms with Crippen molar-refractivity contribution < 1.29 is 13.9 Å². The zero-order valence-corrected chi connectivity index (χ0v) is 15.6. The van der Waals surface area contributed by atoms with E-state index in [1.807, 2.05) is 36.4 Å². The molecule has 0 amide bonds.